The third-order valence-corrected chi connectivity index (χ3v) is 10.6. The van der Waals surface area contributed by atoms with E-state index < -0.39 is 70.1 Å². The van der Waals surface area contributed by atoms with E-state index in [1.54, 1.807) is 13.8 Å². The van der Waals surface area contributed by atoms with Gasteiger partial charge in [0.05, 0.1) is 11.5 Å². The lowest BCUT2D eigenvalue weighted by atomic mass is 9.49. The van der Waals surface area contributed by atoms with Crippen LogP contribution in [0.2, 0.25) is 0 Å². The number of phenolic OH excluding ortho intramolecular Hbond substituents is 1. The van der Waals surface area contributed by atoms with Gasteiger partial charge in [-0.25, -0.2) is 0 Å². The molecule has 44 heavy (non-hydrogen) atoms. The zero-order chi connectivity index (χ0) is 31.7. The van der Waals surface area contributed by atoms with Gasteiger partial charge in [-0.2, -0.15) is 0 Å². The highest BCUT2D eigenvalue weighted by atomic mass is 16.3. The van der Waals surface area contributed by atoms with Gasteiger partial charge in [0.2, 0.25) is 5.91 Å². The van der Waals surface area contributed by atoms with Crippen LogP contribution in [-0.4, -0.2) is 62.8 Å². The lowest BCUT2D eigenvalue weighted by molar-refractivity contribution is -0.182. The second kappa shape index (κ2) is 11.0. The molecule has 4 aliphatic rings. The number of aryl methyl sites for hydroxylation is 1. The SMILES string of the molecule is CCc1ccc(CN2CCCC2)cc1-c1ccc(O)c2c1C[C@H]1C[C@H]3[C@H](C(C)C)C(=O)C(C(N)=O)C(=O)[C@@]3(O)C(=O)C1C2=O. The van der Waals surface area contributed by atoms with Gasteiger partial charge in [-0.05, 0) is 97.0 Å². The predicted molar refractivity (Wildman–Crippen MR) is 162 cm³/mol. The molecule has 2 unspecified atom stereocenters. The second-order valence-electron chi connectivity index (χ2n) is 13.5. The monoisotopic (exact) mass is 600 g/mol. The second-order valence-corrected chi connectivity index (χ2v) is 13.5. The summed E-state index contributed by atoms with van der Waals surface area (Å²) in [7, 11) is 0. The van der Waals surface area contributed by atoms with Gasteiger partial charge in [-0.3, -0.25) is 28.9 Å². The molecule has 1 saturated heterocycles. The molecular formula is C35H40N2O7. The Bertz CT molecular complexity index is 1590. The Morgan fingerprint density at radius 1 is 1.05 bits per heavy atom. The van der Waals surface area contributed by atoms with E-state index in [1.165, 1.54) is 18.9 Å². The van der Waals surface area contributed by atoms with Crippen molar-refractivity contribution in [2.24, 2.45) is 41.2 Å². The van der Waals surface area contributed by atoms with Gasteiger partial charge < -0.3 is 15.9 Å². The van der Waals surface area contributed by atoms with Crippen molar-refractivity contribution in [3.8, 4) is 16.9 Å². The van der Waals surface area contributed by atoms with Gasteiger partial charge in [0.25, 0.3) is 0 Å². The van der Waals surface area contributed by atoms with Crippen LogP contribution in [0, 0.1) is 35.5 Å². The fourth-order valence-corrected chi connectivity index (χ4v) is 8.59. The molecule has 3 aliphatic carbocycles. The number of rotatable bonds is 6. The molecule has 1 amide bonds. The largest absolute Gasteiger partial charge is 0.507 e. The summed E-state index contributed by atoms with van der Waals surface area (Å²) in [5.41, 5.74) is 7.41. The summed E-state index contributed by atoms with van der Waals surface area (Å²) < 4.78 is 0. The third kappa shape index (κ3) is 4.46. The standard InChI is InChI=1S/C35H40N2O7/c1-4-19-8-7-18(16-37-11-5-6-12-37)13-22(19)21-9-10-25(38)28-23(21)14-20-15-24-26(17(2)3)30(39)29(34(36)43)33(42)35(24,44)32(41)27(20)31(28)40/h7-10,13,17,20,24,26-27,29,38,44H,4-6,11-12,14-16H2,1-3H3,(H2,36,43)/t20-,24-,26-,27?,29?,35-/m0/s1. The van der Waals surface area contributed by atoms with Crippen LogP contribution in [0.3, 0.4) is 0 Å². The molecule has 6 rings (SSSR count). The number of benzene rings is 2. The Morgan fingerprint density at radius 2 is 1.75 bits per heavy atom. The summed E-state index contributed by atoms with van der Waals surface area (Å²) in [5, 5.41) is 22.8. The molecule has 0 radical (unpaired) electrons. The van der Waals surface area contributed by atoms with Gasteiger partial charge in [0.15, 0.2) is 34.7 Å². The first kappa shape index (κ1) is 30.3. The maximum Gasteiger partial charge on any atom is 0.235 e. The quantitative estimate of drug-likeness (QED) is 0.428. The van der Waals surface area contributed by atoms with Crippen molar-refractivity contribution in [3.63, 3.8) is 0 Å². The average molecular weight is 601 g/mol. The van der Waals surface area contributed by atoms with E-state index >= 15 is 0 Å². The molecular weight excluding hydrogens is 560 g/mol. The van der Waals surface area contributed by atoms with Crippen LogP contribution in [-0.2, 0) is 38.6 Å². The first-order valence-corrected chi connectivity index (χ1v) is 15.8. The molecule has 4 N–H and O–H groups in total. The molecule has 0 aromatic heterocycles. The van der Waals surface area contributed by atoms with Crippen LogP contribution in [0.1, 0.15) is 67.1 Å². The number of hydrogen-bond acceptors (Lipinski definition) is 8. The van der Waals surface area contributed by atoms with E-state index in [0.29, 0.717) is 5.56 Å². The highest BCUT2D eigenvalue weighted by Crippen LogP contribution is 2.54. The molecule has 2 aromatic carbocycles. The van der Waals surface area contributed by atoms with E-state index in [0.717, 1.165) is 48.3 Å². The van der Waals surface area contributed by atoms with E-state index in [-0.39, 0.29) is 24.2 Å². The van der Waals surface area contributed by atoms with Gasteiger partial charge in [0.1, 0.15) is 5.75 Å². The molecule has 6 atom stereocenters. The van der Waals surface area contributed by atoms with Gasteiger partial charge in [0, 0.05) is 18.4 Å². The lowest BCUT2D eigenvalue weighted by Gasteiger charge is -2.52. The minimum Gasteiger partial charge on any atom is -0.507 e. The molecule has 9 nitrogen and oxygen atoms in total. The first-order valence-electron chi connectivity index (χ1n) is 15.8. The molecule has 0 spiro atoms. The maximum atomic E-state index is 14.2. The van der Waals surface area contributed by atoms with Crippen molar-refractivity contribution in [2.75, 3.05) is 13.1 Å². The lowest BCUT2D eigenvalue weighted by Crippen LogP contribution is -2.71. The number of hydrogen-bond donors (Lipinski definition) is 3. The summed E-state index contributed by atoms with van der Waals surface area (Å²) in [6.45, 7) is 8.48. The van der Waals surface area contributed by atoms with E-state index in [2.05, 4.69) is 30.0 Å². The summed E-state index contributed by atoms with van der Waals surface area (Å²) in [5.74, 6) is -11.4. The third-order valence-electron chi connectivity index (χ3n) is 10.6. The van der Waals surface area contributed by atoms with Crippen molar-refractivity contribution in [1.29, 1.82) is 0 Å². The predicted octanol–water partition coefficient (Wildman–Crippen LogP) is 3.03. The number of phenols is 1. The van der Waals surface area contributed by atoms with Gasteiger partial charge >= 0.3 is 0 Å². The normalized spacial score (nSPS) is 30.3. The fraction of sp³-hybridized carbons (Fsp3) is 0.514. The average Bonchev–Trinajstić information content (AvgIpc) is 3.48. The van der Waals surface area contributed by atoms with Crippen LogP contribution >= 0.6 is 0 Å². The Labute approximate surface area is 256 Å². The number of fused-ring (bicyclic) bond motifs is 3. The number of ketones is 4. The Hall–Kier alpha value is -3.69. The minimum absolute atomic E-state index is 0.0253. The number of nitrogens with zero attached hydrogens (tertiary/aromatic N) is 1. The van der Waals surface area contributed by atoms with Crippen molar-refractivity contribution < 1.29 is 34.2 Å². The number of amides is 1. The molecule has 3 fully saturated rings. The molecule has 232 valence electrons. The Morgan fingerprint density at radius 3 is 2.39 bits per heavy atom. The van der Waals surface area contributed by atoms with E-state index in [4.69, 9.17) is 5.73 Å². The summed E-state index contributed by atoms with van der Waals surface area (Å²) in [4.78, 5) is 69.9. The van der Waals surface area contributed by atoms with Crippen molar-refractivity contribution in [1.82, 2.24) is 4.90 Å². The van der Waals surface area contributed by atoms with Crippen LogP contribution in [0.4, 0.5) is 0 Å². The van der Waals surface area contributed by atoms with Gasteiger partial charge in [-0.15, -0.1) is 0 Å². The number of carbonyl (C=O) groups is 5. The fourth-order valence-electron chi connectivity index (χ4n) is 8.59. The van der Waals surface area contributed by atoms with E-state index in [9.17, 15) is 34.2 Å². The maximum absolute atomic E-state index is 14.2. The summed E-state index contributed by atoms with van der Waals surface area (Å²) in [6.07, 6.45) is 3.43. The molecule has 0 bridgehead atoms. The zero-order valence-corrected chi connectivity index (χ0v) is 25.5. The number of carbonyl (C=O) groups excluding carboxylic acids is 5. The number of likely N-dealkylation sites (tertiary alicyclic amines) is 1. The Kier molecular flexibility index (Phi) is 7.61. The molecule has 1 aliphatic heterocycles. The van der Waals surface area contributed by atoms with Crippen molar-refractivity contribution in [2.45, 2.75) is 65.0 Å². The zero-order valence-electron chi connectivity index (χ0n) is 25.5. The number of aliphatic hydroxyl groups is 1. The number of Topliss-reactive ketones (excluding diaryl/α,β-unsaturated/α-hetero) is 4. The highest BCUT2D eigenvalue weighted by Gasteiger charge is 2.69. The van der Waals surface area contributed by atoms with Crippen LogP contribution in [0.25, 0.3) is 11.1 Å². The molecule has 2 aromatic rings. The first-order chi connectivity index (χ1) is 20.9. The topological polar surface area (TPSA) is 155 Å². The van der Waals surface area contributed by atoms with Crippen LogP contribution in [0.15, 0.2) is 30.3 Å². The van der Waals surface area contributed by atoms with E-state index in [1.807, 2.05) is 6.07 Å². The highest BCUT2D eigenvalue weighted by molar-refractivity contribution is 6.32. The minimum atomic E-state index is -2.69. The van der Waals surface area contributed by atoms with Crippen molar-refractivity contribution in [3.05, 3.63) is 52.6 Å². The smallest absolute Gasteiger partial charge is 0.235 e. The van der Waals surface area contributed by atoms with Gasteiger partial charge in [-0.1, -0.05) is 39.0 Å². The van der Waals surface area contributed by atoms with Crippen molar-refractivity contribution >= 4 is 29.0 Å². The van der Waals surface area contributed by atoms with Crippen LogP contribution < -0.4 is 5.73 Å². The molecule has 9 heteroatoms. The number of nitrogens with two attached hydrogens (primary N) is 1. The number of aromatic hydroxyl groups is 1. The number of primary amides is 1. The summed E-state index contributed by atoms with van der Waals surface area (Å²) >= 11 is 0. The Balaban J connectivity index is 1.45. The summed E-state index contributed by atoms with van der Waals surface area (Å²) in [6, 6.07) is 9.69. The molecule has 1 heterocycles. The molecule has 2 saturated carbocycles. The van der Waals surface area contributed by atoms with Crippen LogP contribution in [0.5, 0.6) is 5.75 Å².